The van der Waals surface area contributed by atoms with E-state index in [4.69, 9.17) is 9.73 Å². The van der Waals surface area contributed by atoms with Crippen molar-refractivity contribution in [3.05, 3.63) is 106 Å². The topological polar surface area (TPSA) is 97.0 Å². The summed E-state index contributed by atoms with van der Waals surface area (Å²) >= 11 is 0. The highest BCUT2D eigenvalue weighted by Gasteiger charge is 2.18. The molecule has 2 aliphatic heterocycles. The minimum atomic E-state index is -1.01. The Labute approximate surface area is 240 Å². The minimum absolute atomic E-state index is 0.169. The maximum absolute atomic E-state index is 12.7. The van der Waals surface area contributed by atoms with Crippen LogP contribution >= 0.6 is 0 Å². The average molecular weight is 553 g/mol. The Morgan fingerprint density at radius 3 is 2.63 bits per heavy atom. The van der Waals surface area contributed by atoms with Gasteiger partial charge in [0.25, 0.3) is 5.56 Å². The number of carboxylic acid groups (broad SMARTS) is 1. The van der Waals surface area contributed by atoms with Gasteiger partial charge in [-0.05, 0) is 87.1 Å². The molecule has 3 aromatic rings. The van der Waals surface area contributed by atoms with Gasteiger partial charge in [-0.3, -0.25) is 9.79 Å². The smallest absolute Gasteiger partial charge is 0.335 e. The molecule has 212 valence electrons. The van der Waals surface area contributed by atoms with E-state index in [1.165, 1.54) is 16.8 Å². The van der Waals surface area contributed by atoms with Crippen molar-refractivity contribution in [2.75, 3.05) is 26.7 Å². The van der Waals surface area contributed by atoms with Gasteiger partial charge in [0.2, 0.25) is 0 Å². The van der Waals surface area contributed by atoms with Crippen molar-refractivity contribution in [2.45, 2.75) is 32.7 Å². The number of benzene rings is 2. The van der Waals surface area contributed by atoms with Crippen molar-refractivity contribution < 1.29 is 14.6 Å². The van der Waals surface area contributed by atoms with Crippen molar-refractivity contribution in [1.82, 2.24) is 14.7 Å². The summed E-state index contributed by atoms with van der Waals surface area (Å²) in [5, 5.41) is 13.9. The van der Waals surface area contributed by atoms with Crippen LogP contribution in [-0.4, -0.2) is 58.7 Å². The van der Waals surface area contributed by atoms with E-state index in [-0.39, 0.29) is 17.7 Å². The highest BCUT2D eigenvalue weighted by molar-refractivity contribution is 5.89. The molecule has 5 rings (SSSR count). The van der Waals surface area contributed by atoms with Gasteiger partial charge >= 0.3 is 5.97 Å². The number of carboxylic acids is 1. The standard InChI is InChI=1S/C33H36N4O4/c1-23-9-10-30(34-20-29(17-23)41-22-24-13-15-36(2)16-14-24)26-6-3-5-25(18-26)21-37-32(38)12-11-31(35-37)27-7-4-8-28(19-27)33(39)40/h3-8,10-12,17-20,23-24H,9,13-16,21-22H2,1-2H3,(H,39,40). The Bertz CT molecular complexity index is 1550. The van der Waals surface area contributed by atoms with Gasteiger partial charge in [-0.15, -0.1) is 0 Å². The molecule has 1 aromatic heterocycles. The molecule has 8 nitrogen and oxygen atoms in total. The summed E-state index contributed by atoms with van der Waals surface area (Å²) in [6, 6.07) is 17.6. The SMILES string of the molecule is CC1C=C(OCC2CCN(C)CC2)C=NC(c2cccc(Cn3nc(-c4cccc(C(=O)O)c4)ccc3=O)c2)=CC1. The second-order valence-electron chi connectivity index (χ2n) is 11.0. The van der Waals surface area contributed by atoms with Crippen molar-refractivity contribution in [1.29, 1.82) is 0 Å². The molecule has 1 fully saturated rings. The second-order valence-corrected chi connectivity index (χ2v) is 11.0. The van der Waals surface area contributed by atoms with E-state index < -0.39 is 5.97 Å². The van der Waals surface area contributed by atoms with Gasteiger partial charge in [0.05, 0.1) is 36.3 Å². The largest absolute Gasteiger partial charge is 0.492 e. The zero-order valence-corrected chi connectivity index (χ0v) is 23.6. The first-order valence-electron chi connectivity index (χ1n) is 14.1. The van der Waals surface area contributed by atoms with Crippen LogP contribution in [-0.2, 0) is 11.3 Å². The van der Waals surface area contributed by atoms with Crippen LogP contribution < -0.4 is 5.56 Å². The zero-order valence-electron chi connectivity index (χ0n) is 23.6. The van der Waals surface area contributed by atoms with E-state index in [0.717, 1.165) is 54.9 Å². The molecule has 1 atom stereocenters. The van der Waals surface area contributed by atoms with Gasteiger partial charge in [0, 0.05) is 17.2 Å². The van der Waals surface area contributed by atoms with Crippen molar-refractivity contribution in [3.8, 4) is 11.3 Å². The molecule has 1 saturated heterocycles. The van der Waals surface area contributed by atoms with Crippen LogP contribution in [0.1, 0.15) is 47.7 Å². The number of aliphatic imine (C=N–C) groups is 1. The molecule has 1 unspecified atom stereocenters. The number of carbonyl (C=O) groups is 1. The Kier molecular flexibility index (Phi) is 8.89. The van der Waals surface area contributed by atoms with Crippen molar-refractivity contribution >= 4 is 17.9 Å². The Morgan fingerprint density at radius 2 is 1.83 bits per heavy atom. The molecule has 0 bridgehead atoms. The van der Waals surface area contributed by atoms with E-state index in [0.29, 0.717) is 29.7 Å². The highest BCUT2D eigenvalue weighted by atomic mass is 16.5. The lowest BCUT2D eigenvalue weighted by atomic mass is 9.98. The predicted octanol–water partition coefficient (Wildman–Crippen LogP) is 5.35. The maximum atomic E-state index is 12.7. The summed E-state index contributed by atoms with van der Waals surface area (Å²) in [7, 11) is 2.17. The van der Waals surface area contributed by atoms with E-state index >= 15 is 0 Å². The van der Waals surface area contributed by atoms with E-state index in [2.05, 4.69) is 36.1 Å². The van der Waals surface area contributed by atoms with Gasteiger partial charge in [-0.1, -0.05) is 43.3 Å². The molecule has 2 aliphatic rings. The van der Waals surface area contributed by atoms with E-state index in [1.807, 2.05) is 30.5 Å². The average Bonchev–Trinajstić information content (AvgIpc) is 2.96. The number of aromatic nitrogens is 2. The summed E-state index contributed by atoms with van der Waals surface area (Å²) in [4.78, 5) is 31.2. The fourth-order valence-electron chi connectivity index (χ4n) is 5.13. The minimum Gasteiger partial charge on any atom is -0.492 e. The number of hydrogen-bond donors (Lipinski definition) is 1. The molecule has 1 N–H and O–H groups in total. The summed E-state index contributed by atoms with van der Waals surface area (Å²) in [5.74, 6) is 0.698. The van der Waals surface area contributed by atoms with Crippen LogP contribution in [0.4, 0.5) is 0 Å². The van der Waals surface area contributed by atoms with Crippen molar-refractivity contribution in [2.24, 2.45) is 16.8 Å². The van der Waals surface area contributed by atoms with Crippen LogP contribution in [0, 0.1) is 11.8 Å². The van der Waals surface area contributed by atoms with Crippen LogP contribution in [0.25, 0.3) is 17.0 Å². The summed E-state index contributed by atoms with van der Waals surface area (Å²) in [6.07, 6.45) is 9.28. The van der Waals surface area contributed by atoms with Crippen LogP contribution in [0.15, 0.2) is 88.4 Å². The number of aromatic carboxylic acids is 1. The molecule has 3 heterocycles. The lowest BCUT2D eigenvalue weighted by Gasteiger charge is -2.28. The Balaban J connectivity index is 1.31. The highest BCUT2D eigenvalue weighted by Crippen LogP contribution is 2.24. The van der Waals surface area contributed by atoms with E-state index in [1.54, 1.807) is 24.3 Å². The molecule has 41 heavy (non-hydrogen) atoms. The first-order chi connectivity index (χ1) is 19.8. The molecule has 0 spiro atoms. The van der Waals surface area contributed by atoms with Gasteiger partial charge in [0.15, 0.2) is 0 Å². The second kappa shape index (κ2) is 12.9. The number of piperidine rings is 1. The normalized spacial score (nSPS) is 18.2. The number of nitrogens with zero attached hydrogens (tertiary/aromatic N) is 4. The molecule has 0 radical (unpaired) electrons. The van der Waals surface area contributed by atoms with E-state index in [9.17, 15) is 14.7 Å². The van der Waals surface area contributed by atoms with Gasteiger partial charge < -0.3 is 14.7 Å². The van der Waals surface area contributed by atoms with Gasteiger partial charge in [-0.2, -0.15) is 5.10 Å². The fourth-order valence-corrected chi connectivity index (χ4v) is 5.13. The third-order valence-corrected chi connectivity index (χ3v) is 7.61. The molecule has 8 heteroatoms. The molecule has 2 aromatic carbocycles. The lowest BCUT2D eigenvalue weighted by molar-refractivity contribution is 0.0697. The summed E-state index contributed by atoms with van der Waals surface area (Å²) in [5.41, 5.74) is 3.84. The fraction of sp³-hybridized carbons (Fsp3) is 0.333. The number of ether oxygens (including phenoxy) is 1. The van der Waals surface area contributed by atoms with Crippen LogP contribution in [0.3, 0.4) is 0 Å². The molecular formula is C33H36N4O4. The number of likely N-dealkylation sites (tertiary alicyclic amines) is 1. The lowest BCUT2D eigenvalue weighted by Crippen LogP contribution is -2.32. The first-order valence-corrected chi connectivity index (χ1v) is 14.1. The predicted molar refractivity (Wildman–Crippen MR) is 161 cm³/mol. The van der Waals surface area contributed by atoms with Crippen LogP contribution in [0.5, 0.6) is 0 Å². The molecule has 0 saturated carbocycles. The molecular weight excluding hydrogens is 516 g/mol. The monoisotopic (exact) mass is 552 g/mol. The third-order valence-electron chi connectivity index (χ3n) is 7.61. The maximum Gasteiger partial charge on any atom is 0.335 e. The first kappa shape index (κ1) is 28.2. The number of rotatable bonds is 8. The molecule has 0 amide bonds. The Morgan fingerprint density at radius 1 is 1.05 bits per heavy atom. The Hall–Kier alpha value is -4.30. The zero-order chi connectivity index (χ0) is 28.8. The number of allylic oxidation sites excluding steroid dienone is 3. The van der Waals surface area contributed by atoms with Crippen LogP contribution in [0.2, 0.25) is 0 Å². The number of hydrogen-bond acceptors (Lipinski definition) is 6. The quantitative estimate of drug-likeness (QED) is 0.405. The van der Waals surface area contributed by atoms with Gasteiger partial charge in [0.1, 0.15) is 5.76 Å². The van der Waals surface area contributed by atoms with Crippen molar-refractivity contribution in [3.63, 3.8) is 0 Å². The molecule has 0 aliphatic carbocycles. The van der Waals surface area contributed by atoms with Gasteiger partial charge in [-0.25, -0.2) is 9.48 Å². The summed E-state index contributed by atoms with van der Waals surface area (Å²) < 4.78 is 7.62. The summed E-state index contributed by atoms with van der Waals surface area (Å²) in [6.45, 7) is 5.40. The third kappa shape index (κ3) is 7.46.